The van der Waals surface area contributed by atoms with Crippen LogP contribution in [0.3, 0.4) is 0 Å². The fourth-order valence-electron chi connectivity index (χ4n) is 2.82. The van der Waals surface area contributed by atoms with E-state index in [1.807, 2.05) is 12.1 Å². The van der Waals surface area contributed by atoms with E-state index >= 15 is 0 Å². The molecule has 3 rings (SSSR count). The Morgan fingerprint density at radius 2 is 1.97 bits per heavy atom. The van der Waals surface area contributed by atoms with E-state index in [4.69, 9.17) is 21.2 Å². The molecule has 8 heteroatoms. The summed E-state index contributed by atoms with van der Waals surface area (Å²) >= 11 is 8.02. The molecule has 0 aliphatic carbocycles. The van der Waals surface area contributed by atoms with Crippen molar-refractivity contribution in [1.29, 1.82) is 0 Å². The molecule has 160 valence electrons. The Bertz CT molecular complexity index is 1090. The van der Waals surface area contributed by atoms with E-state index in [-0.39, 0.29) is 18.2 Å². The lowest BCUT2D eigenvalue weighted by atomic mass is 10.0. The fourth-order valence-corrected chi connectivity index (χ4v) is 3.96. The Kier molecular flexibility index (Phi) is 7.92. The number of aryl methyl sites for hydroxylation is 1. The number of nitrogens with one attached hydrogen (secondary N) is 1. The van der Waals surface area contributed by atoms with Gasteiger partial charge in [0.2, 0.25) is 5.88 Å². The first-order valence-corrected chi connectivity index (χ1v) is 10.7. The lowest BCUT2D eigenvalue weighted by Gasteiger charge is -2.13. The molecule has 0 bridgehead atoms. The van der Waals surface area contributed by atoms with E-state index in [0.29, 0.717) is 22.0 Å². The van der Waals surface area contributed by atoms with Crippen LogP contribution >= 0.6 is 23.4 Å². The van der Waals surface area contributed by atoms with Crippen LogP contribution in [0.25, 0.3) is 0 Å². The van der Waals surface area contributed by atoms with Crippen molar-refractivity contribution in [2.75, 3.05) is 14.2 Å². The Balaban J connectivity index is 1.75. The SMILES string of the molecule is CNC(=O)C(=NOC)c1cccc(Cl)c1COc1ccc(Sc2cccc(C)c2)cn1. The second-order valence-electron chi connectivity index (χ2n) is 6.51. The van der Waals surface area contributed by atoms with Crippen molar-refractivity contribution in [2.24, 2.45) is 5.16 Å². The summed E-state index contributed by atoms with van der Waals surface area (Å²) in [5.41, 5.74) is 2.47. The lowest BCUT2D eigenvalue weighted by Crippen LogP contribution is -2.29. The highest BCUT2D eigenvalue weighted by atomic mass is 35.5. The van der Waals surface area contributed by atoms with Crippen LogP contribution in [-0.2, 0) is 16.2 Å². The zero-order valence-electron chi connectivity index (χ0n) is 17.4. The third-order valence-electron chi connectivity index (χ3n) is 4.30. The largest absolute Gasteiger partial charge is 0.473 e. The second-order valence-corrected chi connectivity index (χ2v) is 8.06. The van der Waals surface area contributed by atoms with Crippen LogP contribution in [0.5, 0.6) is 5.88 Å². The van der Waals surface area contributed by atoms with E-state index < -0.39 is 0 Å². The Morgan fingerprint density at radius 3 is 2.65 bits per heavy atom. The number of halogens is 1. The van der Waals surface area contributed by atoms with Gasteiger partial charge in [0.15, 0.2) is 5.71 Å². The third-order valence-corrected chi connectivity index (χ3v) is 5.62. The number of pyridine rings is 1. The van der Waals surface area contributed by atoms with Gasteiger partial charge in [-0.15, -0.1) is 0 Å². The molecule has 0 aliphatic heterocycles. The molecule has 0 fully saturated rings. The maximum Gasteiger partial charge on any atom is 0.273 e. The topological polar surface area (TPSA) is 72.8 Å². The molecule has 2 aromatic carbocycles. The van der Waals surface area contributed by atoms with Gasteiger partial charge in [-0.05, 0) is 31.2 Å². The molecule has 0 saturated heterocycles. The molecule has 31 heavy (non-hydrogen) atoms. The number of rotatable bonds is 8. The molecule has 0 spiro atoms. The minimum Gasteiger partial charge on any atom is -0.473 e. The number of carbonyl (C=O) groups is 1. The summed E-state index contributed by atoms with van der Waals surface area (Å²) in [4.78, 5) is 23.6. The minimum absolute atomic E-state index is 0.115. The molecule has 0 radical (unpaired) electrons. The number of aromatic nitrogens is 1. The van der Waals surface area contributed by atoms with Gasteiger partial charge >= 0.3 is 0 Å². The van der Waals surface area contributed by atoms with E-state index in [1.54, 1.807) is 42.2 Å². The van der Waals surface area contributed by atoms with Gasteiger partial charge in [-0.25, -0.2) is 4.98 Å². The average molecular weight is 456 g/mol. The van der Waals surface area contributed by atoms with Crippen molar-refractivity contribution in [3.05, 3.63) is 82.5 Å². The number of carbonyl (C=O) groups excluding carboxylic acids is 1. The van der Waals surface area contributed by atoms with E-state index in [9.17, 15) is 4.79 Å². The number of oxime groups is 1. The molecule has 0 unspecified atom stereocenters. The van der Waals surface area contributed by atoms with E-state index in [1.165, 1.54) is 19.7 Å². The standard InChI is InChI=1S/C23H22ClN3O3S/c1-15-6-4-7-16(12-15)31-17-10-11-21(26-13-17)30-14-19-18(8-5-9-20(19)24)22(27-29-3)23(28)25-2/h4-13H,14H2,1-3H3,(H,25,28). The average Bonchev–Trinajstić information content (AvgIpc) is 2.77. The van der Waals surface area contributed by atoms with Crippen molar-refractivity contribution >= 4 is 35.0 Å². The first kappa shape index (κ1) is 22.7. The quantitative estimate of drug-likeness (QED) is 0.387. The van der Waals surface area contributed by atoms with Crippen LogP contribution < -0.4 is 10.1 Å². The summed E-state index contributed by atoms with van der Waals surface area (Å²) in [6.45, 7) is 2.18. The molecule has 1 aromatic heterocycles. The second kappa shape index (κ2) is 10.8. The van der Waals surface area contributed by atoms with Gasteiger partial charge in [0.05, 0.1) is 0 Å². The minimum atomic E-state index is -0.388. The fraction of sp³-hybridized carbons (Fsp3) is 0.174. The molecule has 3 aromatic rings. The third kappa shape index (κ3) is 5.99. The van der Waals surface area contributed by atoms with Crippen LogP contribution in [0, 0.1) is 6.92 Å². The predicted octanol–water partition coefficient (Wildman–Crippen LogP) is 4.87. The number of benzene rings is 2. The molecular weight excluding hydrogens is 434 g/mol. The van der Waals surface area contributed by atoms with Crippen molar-refractivity contribution in [1.82, 2.24) is 10.3 Å². The van der Waals surface area contributed by atoms with Crippen LogP contribution in [0.15, 0.2) is 75.7 Å². The van der Waals surface area contributed by atoms with Gasteiger partial charge in [0, 0.05) is 45.3 Å². The molecule has 1 amide bonds. The van der Waals surface area contributed by atoms with E-state index in [2.05, 4.69) is 40.6 Å². The zero-order chi connectivity index (χ0) is 22.2. The molecule has 1 N–H and O–H groups in total. The van der Waals surface area contributed by atoms with Crippen molar-refractivity contribution in [3.63, 3.8) is 0 Å². The van der Waals surface area contributed by atoms with Gasteiger partial charge < -0.3 is 14.9 Å². The van der Waals surface area contributed by atoms with Crippen molar-refractivity contribution in [2.45, 2.75) is 23.3 Å². The maximum absolute atomic E-state index is 12.2. The summed E-state index contributed by atoms with van der Waals surface area (Å²) in [7, 11) is 2.90. The number of ether oxygens (including phenoxy) is 1. The number of hydrogen-bond acceptors (Lipinski definition) is 6. The summed E-state index contributed by atoms with van der Waals surface area (Å²) in [6.07, 6.45) is 1.76. The Morgan fingerprint density at radius 1 is 1.16 bits per heavy atom. The molecule has 0 atom stereocenters. The molecule has 6 nitrogen and oxygen atoms in total. The smallest absolute Gasteiger partial charge is 0.273 e. The maximum atomic E-state index is 12.2. The van der Waals surface area contributed by atoms with Gasteiger partial charge in [-0.1, -0.05) is 58.3 Å². The number of hydrogen-bond donors (Lipinski definition) is 1. The van der Waals surface area contributed by atoms with Crippen LogP contribution in [0.2, 0.25) is 5.02 Å². The summed E-state index contributed by atoms with van der Waals surface area (Å²) in [5.74, 6) is 0.0608. The summed E-state index contributed by atoms with van der Waals surface area (Å²) in [5, 5.41) is 6.86. The van der Waals surface area contributed by atoms with Crippen LogP contribution in [0.4, 0.5) is 0 Å². The van der Waals surface area contributed by atoms with Gasteiger partial charge in [-0.2, -0.15) is 0 Å². The first-order chi connectivity index (χ1) is 15.0. The molecular formula is C23H22ClN3O3S. The predicted molar refractivity (Wildman–Crippen MR) is 123 cm³/mol. The Hall–Kier alpha value is -3.03. The molecule has 0 saturated carbocycles. The number of likely N-dealkylation sites (N-methyl/N-ethyl adjacent to an activating group) is 1. The number of amides is 1. The van der Waals surface area contributed by atoms with E-state index in [0.717, 1.165) is 9.79 Å². The lowest BCUT2D eigenvalue weighted by molar-refractivity contribution is -0.114. The van der Waals surface area contributed by atoms with Crippen molar-refractivity contribution < 1.29 is 14.4 Å². The van der Waals surface area contributed by atoms with Crippen LogP contribution in [0.1, 0.15) is 16.7 Å². The number of nitrogens with zero attached hydrogens (tertiary/aromatic N) is 2. The van der Waals surface area contributed by atoms with Crippen molar-refractivity contribution in [3.8, 4) is 5.88 Å². The highest BCUT2D eigenvalue weighted by Gasteiger charge is 2.20. The zero-order valence-corrected chi connectivity index (χ0v) is 19.0. The highest BCUT2D eigenvalue weighted by Crippen LogP contribution is 2.29. The van der Waals surface area contributed by atoms with Gasteiger partial charge in [-0.3, -0.25) is 4.79 Å². The van der Waals surface area contributed by atoms with Gasteiger partial charge in [0.1, 0.15) is 13.7 Å². The highest BCUT2D eigenvalue weighted by molar-refractivity contribution is 7.99. The van der Waals surface area contributed by atoms with Crippen LogP contribution in [-0.4, -0.2) is 30.8 Å². The Labute approximate surface area is 190 Å². The van der Waals surface area contributed by atoms with Gasteiger partial charge in [0.25, 0.3) is 5.91 Å². The normalized spacial score (nSPS) is 11.2. The summed E-state index contributed by atoms with van der Waals surface area (Å²) < 4.78 is 5.85. The molecule has 0 aliphatic rings. The monoisotopic (exact) mass is 455 g/mol. The summed E-state index contributed by atoms with van der Waals surface area (Å²) in [6, 6.07) is 17.2. The molecule has 1 heterocycles. The first-order valence-electron chi connectivity index (χ1n) is 9.46.